The van der Waals surface area contributed by atoms with Crippen LogP contribution in [0.3, 0.4) is 0 Å². The van der Waals surface area contributed by atoms with Crippen LogP contribution < -0.4 is 5.32 Å². The molecule has 2 heterocycles. The number of carbonyl (C=O) groups is 2. The van der Waals surface area contributed by atoms with Gasteiger partial charge in [-0.05, 0) is 42.7 Å². The Hall–Kier alpha value is -2.63. The third-order valence-corrected chi connectivity index (χ3v) is 4.13. The van der Waals surface area contributed by atoms with E-state index in [0.717, 1.165) is 0 Å². The smallest absolute Gasteiger partial charge is 0.289 e. The lowest BCUT2D eigenvalue weighted by molar-refractivity contribution is -0.121. The SMILES string of the molecule is O=C(Cc1cccc(F)c1)NC1CCN(C(=O)c2ccco2)CC1. The van der Waals surface area contributed by atoms with E-state index in [4.69, 9.17) is 4.42 Å². The Labute approximate surface area is 139 Å². The summed E-state index contributed by atoms with van der Waals surface area (Å²) in [5.41, 5.74) is 0.651. The zero-order chi connectivity index (χ0) is 16.9. The molecule has 5 nitrogen and oxygen atoms in total. The minimum absolute atomic E-state index is 0.0340. The quantitative estimate of drug-likeness (QED) is 0.936. The molecule has 1 fully saturated rings. The van der Waals surface area contributed by atoms with Gasteiger partial charge < -0.3 is 14.6 Å². The van der Waals surface area contributed by atoms with Gasteiger partial charge in [0.25, 0.3) is 5.91 Å². The van der Waals surface area contributed by atoms with E-state index in [1.54, 1.807) is 29.2 Å². The first kappa shape index (κ1) is 16.2. The molecule has 24 heavy (non-hydrogen) atoms. The van der Waals surface area contributed by atoms with Crippen molar-refractivity contribution in [2.45, 2.75) is 25.3 Å². The Kier molecular flexibility index (Phi) is 4.93. The van der Waals surface area contributed by atoms with Crippen LogP contribution in [-0.4, -0.2) is 35.8 Å². The number of carbonyl (C=O) groups excluding carboxylic acids is 2. The third kappa shape index (κ3) is 4.01. The van der Waals surface area contributed by atoms with Gasteiger partial charge in [0.2, 0.25) is 5.91 Å². The molecule has 2 amide bonds. The molecule has 0 bridgehead atoms. The monoisotopic (exact) mass is 330 g/mol. The van der Waals surface area contributed by atoms with Gasteiger partial charge in [-0.15, -0.1) is 0 Å². The standard InChI is InChI=1S/C18H19FN2O3/c19-14-4-1-3-13(11-14)12-17(22)20-15-6-8-21(9-7-15)18(23)16-5-2-10-24-16/h1-5,10-11,15H,6-9,12H2,(H,20,22). The molecule has 0 atom stereocenters. The lowest BCUT2D eigenvalue weighted by Gasteiger charge is -2.31. The molecule has 0 aliphatic carbocycles. The predicted octanol–water partition coefficient (Wildman–Crippen LogP) is 2.38. The van der Waals surface area contributed by atoms with Crippen molar-refractivity contribution < 1.29 is 18.4 Å². The van der Waals surface area contributed by atoms with Gasteiger partial charge >= 0.3 is 0 Å². The first-order valence-corrected chi connectivity index (χ1v) is 7.98. The van der Waals surface area contributed by atoms with Crippen LogP contribution in [0.25, 0.3) is 0 Å². The van der Waals surface area contributed by atoms with E-state index in [1.807, 2.05) is 0 Å². The van der Waals surface area contributed by atoms with Crippen LogP contribution in [0.5, 0.6) is 0 Å². The zero-order valence-corrected chi connectivity index (χ0v) is 13.2. The maximum absolute atomic E-state index is 13.1. The highest BCUT2D eigenvalue weighted by molar-refractivity contribution is 5.91. The van der Waals surface area contributed by atoms with Crippen LogP contribution in [0.15, 0.2) is 47.1 Å². The molecule has 126 valence electrons. The molecule has 6 heteroatoms. The maximum atomic E-state index is 13.1. The molecule has 2 aromatic rings. The van der Waals surface area contributed by atoms with E-state index < -0.39 is 0 Å². The highest BCUT2D eigenvalue weighted by atomic mass is 19.1. The lowest BCUT2D eigenvalue weighted by Crippen LogP contribution is -2.46. The second kappa shape index (κ2) is 7.29. The minimum Gasteiger partial charge on any atom is -0.459 e. The van der Waals surface area contributed by atoms with Gasteiger partial charge in [0.05, 0.1) is 12.7 Å². The first-order valence-electron chi connectivity index (χ1n) is 7.98. The van der Waals surface area contributed by atoms with Crippen LogP contribution in [0.1, 0.15) is 29.0 Å². The largest absolute Gasteiger partial charge is 0.459 e. The Morgan fingerprint density at radius 2 is 2.00 bits per heavy atom. The Morgan fingerprint density at radius 1 is 1.21 bits per heavy atom. The number of furan rings is 1. The molecule has 1 aromatic heterocycles. The number of hydrogen-bond acceptors (Lipinski definition) is 3. The van der Waals surface area contributed by atoms with Crippen LogP contribution >= 0.6 is 0 Å². The number of benzene rings is 1. The number of likely N-dealkylation sites (tertiary alicyclic amines) is 1. The van der Waals surface area contributed by atoms with Crippen LogP contribution in [-0.2, 0) is 11.2 Å². The van der Waals surface area contributed by atoms with Crippen molar-refractivity contribution in [2.24, 2.45) is 0 Å². The summed E-state index contributed by atoms with van der Waals surface area (Å²) in [4.78, 5) is 26.0. The number of piperidine rings is 1. The molecule has 1 N–H and O–H groups in total. The second-order valence-corrected chi connectivity index (χ2v) is 5.92. The molecule has 0 radical (unpaired) electrons. The molecule has 0 unspecified atom stereocenters. The zero-order valence-electron chi connectivity index (χ0n) is 13.2. The fourth-order valence-corrected chi connectivity index (χ4v) is 2.89. The molecule has 1 saturated heterocycles. The molecular weight excluding hydrogens is 311 g/mol. The highest BCUT2D eigenvalue weighted by Crippen LogP contribution is 2.14. The average Bonchev–Trinajstić information content (AvgIpc) is 3.09. The summed E-state index contributed by atoms with van der Waals surface area (Å²) in [5.74, 6) is -0.255. The Morgan fingerprint density at radius 3 is 2.67 bits per heavy atom. The Balaban J connectivity index is 1.47. The minimum atomic E-state index is -0.343. The molecule has 1 aliphatic heterocycles. The van der Waals surface area contributed by atoms with Gasteiger partial charge in [0.15, 0.2) is 5.76 Å². The average molecular weight is 330 g/mol. The first-order chi connectivity index (χ1) is 11.6. The van der Waals surface area contributed by atoms with E-state index in [2.05, 4.69) is 5.32 Å². The topological polar surface area (TPSA) is 62.6 Å². The number of halogens is 1. The van der Waals surface area contributed by atoms with Gasteiger partial charge in [-0.1, -0.05) is 12.1 Å². The van der Waals surface area contributed by atoms with Crippen molar-refractivity contribution in [1.82, 2.24) is 10.2 Å². The summed E-state index contributed by atoms with van der Waals surface area (Å²) in [7, 11) is 0. The predicted molar refractivity (Wildman–Crippen MR) is 85.9 cm³/mol. The van der Waals surface area contributed by atoms with Crippen LogP contribution in [0, 0.1) is 5.82 Å². The van der Waals surface area contributed by atoms with E-state index in [1.165, 1.54) is 18.4 Å². The molecule has 3 rings (SSSR count). The van der Waals surface area contributed by atoms with Crippen LogP contribution in [0.2, 0.25) is 0 Å². The highest BCUT2D eigenvalue weighted by Gasteiger charge is 2.25. The Bertz CT molecular complexity index is 707. The van der Waals surface area contributed by atoms with Crippen molar-refractivity contribution in [3.8, 4) is 0 Å². The fourth-order valence-electron chi connectivity index (χ4n) is 2.89. The summed E-state index contributed by atoms with van der Waals surface area (Å²) >= 11 is 0. The third-order valence-electron chi connectivity index (χ3n) is 4.13. The van der Waals surface area contributed by atoms with E-state index in [0.29, 0.717) is 37.3 Å². The van der Waals surface area contributed by atoms with Crippen molar-refractivity contribution in [3.63, 3.8) is 0 Å². The van der Waals surface area contributed by atoms with Crippen molar-refractivity contribution >= 4 is 11.8 Å². The summed E-state index contributed by atoms with van der Waals surface area (Å²) in [5, 5.41) is 2.96. The maximum Gasteiger partial charge on any atom is 0.289 e. The molecule has 0 saturated carbocycles. The van der Waals surface area contributed by atoms with E-state index >= 15 is 0 Å². The molecule has 1 aliphatic rings. The second-order valence-electron chi connectivity index (χ2n) is 5.92. The van der Waals surface area contributed by atoms with Crippen molar-refractivity contribution in [3.05, 3.63) is 59.8 Å². The van der Waals surface area contributed by atoms with E-state index in [9.17, 15) is 14.0 Å². The van der Waals surface area contributed by atoms with Crippen LogP contribution in [0.4, 0.5) is 4.39 Å². The van der Waals surface area contributed by atoms with Gasteiger partial charge in [-0.3, -0.25) is 9.59 Å². The summed E-state index contributed by atoms with van der Waals surface area (Å²) in [6.45, 7) is 1.15. The van der Waals surface area contributed by atoms with Crippen molar-refractivity contribution in [2.75, 3.05) is 13.1 Å². The van der Waals surface area contributed by atoms with Crippen molar-refractivity contribution in [1.29, 1.82) is 0 Å². The van der Waals surface area contributed by atoms with E-state index in [-0.39, 0.29) is 30.1 Å². The summed E-state index contributed by atoms with van der Waals surface area (Å²) < 4.78 is 18.3. The fraction of sp³-hybridized carbons (Fsp3) is 0.333. The summed E-state index contributed by atoms with van der Waals surface area (Å²) in [6.07, 6.45) is 3.03. The number of hydrogen-bond donors (Lipinski definition) is 1. The number of amides is 2. The number of nitrogens with zero attached hydrogens (tertiary/aromatic N) is 1. The molecule has 0 spiro atoms. The summed E-state index contributed by atoms with van der Waals surface area (Å²) in [6, 6.07) is 9.41. The van der Waals surface area contributed by atoms with Gasteiger partial charge in [-0.25, -0.2) is 4.39 Å². The lowest BCUT2D eigenvalue weighted by atomic mass is 10.0. The van der Waals surface area contributed by atoms with Gasteiger partial charge in [0.1, 0.15) is 5.82 Å². The van der Waals surface area contributed by atoms with Gasteiger partial charge in [-0.2, -0.15) is 0 Å². The van der Waals surface area contributed by atoms with Gasteiger partial charge in [0, 0.05) is 19.1 Å². The normalized spacial score (nSPS) is 15.3. The number of rotatable bonds is 4. The number of nitrogens with one attached hydrogen (secondary N) is 1. The molecular formula is C18H19FN2O3. The molecule has 1 aromatic carbocycles.